The maximum atomic E-state index is 9.86. The molecule has 14 heavy (non-hydrogen) atoms. The summed E-state index contributed by atoms with van der Waals surface area (Å²) in [5, 5.41) is 9.86. The number of benzene rings is 1. The van der Waals surface area contributed by atoms with E-state index in [9.17, 15) is 5.11 Å². The quantitative estimate of drug-likeness (QED) is 0.709. The summed E-state index contributed by atoms with van der Waals surface area (Å²) in [6.07, 6.45) is 1.40. The second-order valence-corrected chi connectivity index (χ2v) is 4.11. The average Bonchev–Trinajstić information content (AvgIpc) is 2.00. The molecule has 1 unspecified atom stereocenters. The lowest BCUT2D eigenvalue weighted by molar-refractivity contribution is 0.227. The van der Waals surface area contributed by atoms with Crippen LogP contribution in [0.1, 0.15) is 36.6 Å². The fraction of sp³-hybridized carbons (Fsp3) is 0.385. The Hall–Kier alpha value is -1.08. The van der Waals surface area contributed by atoms with Gasteiger partial charge in [-0.3, -0.25) is 0 Å². The Morgan fingerprint density at radius 1 is 1.14 bits per heavy atom. The number of aliphatic hydroxyl groups excluding tert-OH is 1. The normalized spacial score (nSPS) is 12.4. The van der Waals surface area contributed by atoms with Crippen molar-refractivity contribution in [2.24, 2.45) is 0 Å². The lowest BCUT2D eigenvalue weighted by Crippen LogP contribution is -1.95. The molecule has 1 heteroatoms. The average molecular weight is 190 g/mol. The maximum Gasteiger partial charge on any atom is 0.0974 e. The van der Waals surface area contributed by atoms with Gasteiger partial charge in [-0.2, -0.15) is 0 Å². The first-order valence-electron chi connectivity index (χ1n) is 4.90. The van der Waals surface area contributed by atoms with Crippen LogP contribution in [0.3, 0.4) is 0 Å². The van der Waals surface area contributed by atoms with Gasteiger partial charge < -0.3 is 5.11 Å². The Balaban J connectivity index is 3.01. The summed E-state index contributed by atoms with van der Waals surface area (Å²) in [5.41, 5.74) is 4.50. The molecule has 76 valence electrons. The van der Waals surface area contributed by atoms with Gasteiger partial charge in [-0.15, -0.1) is 0 Å². The van der Waals surface area contributed by atoms with Crippen LogP contribution in [0.4, 0.5) is 0 Å². The monoisotopic (exact) mass is 190 g/mol. The number of aryl methyl sites for hydroxylation is 2. The number of hydrogen-bond acceptors (Lipinski definition) is 1. The van der Waals surface area contributed by atoms with Crippen LogP contribution in [-0.4, -0.2) is 5.11 Å². The van der Waals surface area contributed by atoms with Crippen molar-refractivity contribution < 1.29 is 5.11 Å². The van der Waals surface area contributed by atoms with E-state index in [1.165, 1.54) is 11.1 Å². The minimum atomic E-state index is -0.474. The highest BCUT2D eigenvalue weighted by atomic mass is 16.3. The van der Waals surface area contributed by atoms with E-state index < -0.39 is 6.10 Å². The molecule has 0 aromatic heterocycles. The zero-order valence-corrected chi connectivity index (χ0v) is 9.33. The highest BCUT2D eigenvalue weighted by Crippen LogP contribution is 2.18. The van der Waals surface area contributed by atoms with Crippen molar-refractivity contribution in [1.82, 2.24) is 0 Å². The third kappa shape index (κ3) is 3.00. The molecule has 1 rings (SSSR count). The molecule has 0 aliphatic rings. The Labute approximate surface area is 86.1 Å². The van der Waals surface area contributed by atoms with Gasteiger partial charge in [0.15, 0.2) is 0 Å². The Bertz CT molecular complexity index is 326. The van der Waals surface area contributed by atoms with Gasteiger partial charge >= 0.3 is 0 Å². The SMILES string of the molecule is CC(C)=CC(O)c1cc(C)cc(C)c1. The number of hydrogen-bond donors (Lipinski definition) is 1. The molecule has 0 saturated carbocycles. The summed E-state index contributed by atoms with van der Waals surface area (Å²) in [5.74, 6) is 0. The van der Waals surface area contributed by atoms with Gasteiger partial charge in [0.1, 0.15) is 0 Å². The second-order valence-electron chi connectivity index (χ2n) is 4.11. The lowest BCUT2D eigenvalue weighted by Gasteiger charge is -2.09. The van der Waals surface area contributed by atoms with Gasteiger partial charge in [-0.1, -0.05) is 41.0 Å². The summed E-state index contributed by atoms with van der Waals surface area (Å²) in [7, 11) is 0. The van der Waals surface area contributed by atoms with Crippen molar-refractivity contribution in [3.05, 3.63) is 46.5 Å². The molecule has 0 heterocycles. The van der Waals surface area contributed by atoms with Crippen LogP contribution in [0, 0.1) is 13.8 Å². The Kier molecular flexibility index (Phi) is 3.48. The van der Waals surface area contributed by atoms with E-state index in [2.05, 4.69) is 6.07 Å². The molecular formula is C13H18O. The van der Waals surface area contributed by atoms with E-state index in [1.54, 1.807) is 0 Å². The Morgan fingerprint density at radius 2 is 1.64 bits per heavy atom. The minimum Gasteiger partial charge on any atom is -0.384 e. The molecule has 0 radical (unpaired) electrons. The molecule has 1 atom stereocenters. The van der Waals surface area contributed by atoms with E-state index in [-0.39, 0.29) is 0 Å². The van der Waals surface area contributed by atoms with Crippen molar-refractivity contribution >= 4 is 0 Å². The highest BCUT2D eigenvalue weighted by molar-refractivity contribution is 5.31. The summed E-state index contributed by atoms with van der Waals surface area (Å²) < 4.78 is 0. The van der Waals surface area contributed by atoms with Crippen LogP contribution in [0.5, 0.6) is 0 Å². The van der Waals surface area contributed by atoms with Crippen molar-refractivity contribution in [2.75, 3.05) is 0 Å². The van der Waals surface area contributed by atoms with Crippen LogP contribution < -0.4 is 0 Å². The standard InChI is InChI=1S/C13H18O/c1-9(2)5-13(14)12-7-10(3)6-11(4)8-12/h5-8,13-14H,1-4H3. The summed E-state index contributed by atoms with van der Waals surface area (Å²) in [6.45, 7) is 8.08. The number of aliphatic hydroxyl groups is 1. The van der Waals surface area contributed by atoms with Crippen molar-refractivity contribution in [3.8, 4) is 0 Å². The first kappa shape index (κ1) is 11.0. The van der Waals surface area contributed by atoms with E-state index in [1.807, 2.05) is 45.9 Å². The topological polar surface area (TPSA) is 20.2 Å². The van der Waals surface area contributed by atoms with Crippen LogP contribution >= 0.6 is 0 Å². The van der Waals surface area contributed by atoms with E-state index in [0.717, 1.165) is 11.1 Å². The molecule has 0 fully saturated rings. The first-order valence-corrected chi connectivity index (χ1v) is 4.90. The minimum absolute atomic E-state index is 0.474. The van der Waals surface area contributed by atoms with Gasteiger partial charge in [0.25, 0.3) is 0 Å². The first-order chi connectivity index (χ1) is 6.49. The molecule has 1 aromatic rings. The lowest BCUT2D eigenvalue weighted by atomic mass is 10.0. The van der Waals surface area contributed by atoms with Crippen LogP contribution in [0.15, 0.2) is 29.8 Å². The van der Waals surface area contributed by atoms with Gasteiger partial charge in [0.2, 0.25) is 0 Å². The molecule has 0 aliphatic carbocycles. The summed E-state index contributed by atoms with van der Waals surface area (Å²) in [6, 6.07) is 6.16. The molecule has 0 bridgehead atoms. The van der Waals surface area contributed by atoms with Crippen molar-refractivity contribution in [1.29, 1.82) is 0 Å². The van der Waals surface area contributed by atoms with Crippen molar-refractivity contribution in [2.45, 2.75) is 33.8 Å². The molecule has 1 nitrogen and oxygen atoms in total. The molecule has 1 aromatic carbocycles. The molecule has 0 saturated heterocycles. The highest BCUT2D eigenvalue weighted by Gasteiger charge is 2.04. The van der Waals surface area contributed by atoms with Crippen LogP contribution in [0.2, 0.25) is 0 Å². The predicted octanol–water partition coefficient (Wildman–Crippen LogP) is 3.30. The third-order valence-corrected chi connectivity index (χ3v) is 2.08. The van der Waals surface area contributed by atoms with Gasteiger partial charge in [-0.05, 0) is 33.3 Å². The number of rotatable bonds is 2. The predicted molar refractivity (Wildman–Crippen MR) is 60.3 cm³/mol. The van der Waals surface area contributed by atoms with E-state index in [4.69, 9.17) is 0 Å². The zero-order chi connectivity index (χ0) is 10.7. The zero-order valence-electron chi connectivity index (χ0n) is 9.33. The summed E-state index contributed by atoms with van der Waals surface area (Å²) >= 11 is 0. The smallest absolute Gasteiger partial charge is 0.0974 e. The fourth-order valence-electron chi connectivity index (χ4n) is 1.59. The van der Waals surface area contributed by atoms with Crippen LogP contribution in [-0.2, 0) is 0 Å². The molecular weight excluding hydrogens is 172 g/mol. The van der Waals surface area contributed by atoms with E-state index in [0.29, 0.717) is 0 Å². The fourth-order valence-corrected chi connectivity index (χ4v) is 1.59. The molecule has 0 amide bonds. The number of allylic oxidation sites excluding steroid dienone is 1. The van der Waals surface area contributed by atoms with Gasteiger partial charge in [0.05, 0.1) is 6.10 Å². The largest absolute Gasteiger partial charge is 0.384 e. The van der Waals surface area contributed by atoms with Gasteiger partial charge in [0, 0.05) is 0 Å². The molecule has 1 N–H and O–H groups in total. The van der Waals surface area contributed by atoms with Gasteiger partial charge in [-0.25, -0.2) is 0 Å². The third-order valence-electron chi connectivity index (χ3n) is 2.08. The van der Waals surface area contributed by atoms with E-state index >= 15 is 0 Å². The second kappa shape index (κ2) is 4.43. The van der Waals surface area contributed by atoms with Crippen molar-refractivity contribution in [3.63, 3.8) is 0 Å². The summed E-state index contributed by atoms with van der Waals surface area (Å²) in [4.78, 5) is 0. The maximum absolute atomic E-state index is 9.86. The molecule has 0 spiro atoms. The van der Waals surface area contributed by atoms with Crippen LogP contribution in [0.25, 0.3) is 0 Å². The Morgan fingerprint density at radius 3 is 2.07 bits per heavy atom. The molecule has 0 aliphatic heterocycles.